The lowest BCUT2D eigenvalue weighted by Gasteiger charge is -2.29. The van der Waals surface area contributed by atoms with E-state index in [1.807, 2.05) is 28.5 Å². The summed E-state index contributed by atoms with van der Waals surface area (Å²) in [6.07, 6.45) is 5.88. The number of hydrogen-bond donors (Lipinski definition) is 0. The number of hydrogen-bond acceptors (Lipinski definition) is 2. The predicted molar refractivity (Wildman–Crippen MR) is 68.3 cm³/mol. The SMILES string of the molecule is CC1CCN(C(=O)C=Cc2cccs2)CC1. The number of likely N-dealkylation sites (tertiary alicyclic amines) is 1. The first-order valence-electron chi connectivity index (χ1n) is 5.76. The Morgan fingerprint density at radius 2 is 2.25 bits per heavy atom. The van der Waals surface area contributed by atoms with Crippen molar-refractivity contribution in [2.24, 2.45) is 5.92 Å². The van der Waals surface area contributed by atoms with Gasteiger partial charge >= 0.3 is 0 Å². The van der Waals surface area contributed by atoms with Gasteiger partial charge in [-0.3, -0.25) is 4.79 Å². The second-order valence-electron chi connectivity index (χ2n) is 4.36. The van der Waals surface area contributed by atoms with Crippen LogP contribution in [-0.2, 0) is 4.79 Å². The fraction of sp³-hybridized carbons (Fsp3) is 0.462. The first-order valence-corrected chi connectivity index (χ1v) is 6.64. The molecule has 0 atom stereocenters. The van der Waals surface area contributed by atoms with E-state index in [2.05, 4.69) is 6.92 Å². The van der Waals surface area contributed by atoms with Crippen molar-refractivity contribution in [1.29, 1.82) is 0 Å². The highest BCUT2D eigenvalue weighted by Gasteiger charge is 2.18. The van der Waals surface area contributed by atoms with Gasteiger partial charge < -0.3 is 4.90 Å². The number of rotatable bonds is 2. The normalized spacial score (nSPS) is 18.2. The molecular formula is C13H17NOS. The molecule has 2 rings (SSSR count). The highest BCUT2D eigenvalue weighted by molar-refractivity contribution is 7.10. The van der Waals surface area contributed by atoms with Gasteiger partial charge in [0.25, 0.3) is 0 Å². The number of piperidine rings is 1. The van der Waals surface area contributed by atoms with Gasteiger partial charge in [0.15, 0.2) is 0 Å². The van der Waals surface area contributed by atoms with Crippen molar-refractivity contribution in [2.45, 2.75) is 19.8 Å². The van der Waals surface area contributed by atoms with E-state index < -0.39 is 0 Å². The molecule has 86 valence electrons. The van der Waals surface area contributed by atoms with Crippen LogP contribution in [0, 0.1) is 5.92 Å². The number of thiophene rings is 1. The van der Waals surface area contributed by atoms with Crippen LogP contribution >= 0.6 is 11.3 Å². The van der Waals surface area contributed by atoms with Gasteiger partial charge in [-0.25, -0.2) is 0 Å². The lowest BCUT2D eigenvalue weighted by molar-refractivity contribution is -0.127. The minimum Gasteiger partial charge on any atom is -0.339 e. The second kappa shape index (κ2) is 5.30. The summed E-state index contributed by atoms with van der Waals surface area (Å²) in [6, 6.07) is 4.02. The second-order valence-corrected chi connectivity index (χ2v) is 5.34. The smallest absolute Gasteiger partial charge is 0.246 e. The van der Waals surface area contributed by atoms with Crippen LogP contribution in [0.25, 0.3) is 6.08 Å². The Hall–Kier alpha value is -1.09. The van der Waals surface area contributed by atoms with Gasteiger partial charge in [0.05, 0.1) is 0 Å². The molecule has 0 aliphatic carbocycles. The van der Waals surface area contributed by atoms with E-state index in [0.717, 1.165) is 36.7 Å². The van der Waals surface area contributed by atoms with Crippen LogP contribution < -0.4 is 0 Å². The molecule has 1 aliphatic heterocycles. The fourth-order valence-corrected chi connectivity index (χ4v) is 2.49. The van der Waals surface area contributed by atoms with E-state index >= 15 is 0 Å². The third kappa shape index (κ3) is 2.95. The molecule has 1 aliphatic rings. The Labute approximate surface area is 101 Å². The van der Waals surface area contributed by atoms with Crippen molar-refractivity contribution in [3.05, 3.63) is 28.5 Å². The molecule has 16 heavy (non-hydrogen) atoms. The minimum atomic E-state index is 0.153. The zero-order chi connectivity index (χ0) is 11.4. The molecule has 1 saturated heterocycles. The first kappa shape index (κ1) is 11.4. The van der Waals surface area contributed by atoms with Gasteiger partial charge in [-0.15, -0.1) is 11.3 Å². The van der Waals surface area contributed by atoms with Gasteiger partial charge in [0.1, 0.15) is 0 Å². The Morgan fingerprint density at radius 1 is 1.50 bits per heavy atom. The molecule has 0 bridgehead atoms. The standard InChI is InChI=1S/C13H17NOS/c1-11-6-8-14(9-7-11)13(15)5-4-12-3-2-10-16-12/h2-5,10-11H,6-9H2,1H3. The molecule has 1 fully saturated rings. The molecule has 2 heterocycles. The molecule has 0 aromatic carbocycles. The molecule has 1 amide bonds. The summed E-state index contributed by atoms with van der Waals surface area (Å²) in [7, 11) is 0. The average Bonchev–Trinajstić information content (AvgIpc) is 2.80. The molecule has 0 unspecified atom stereocenters. The summed E-state index contributed by atoms with van der Waals surface area (Å²) >= 11 is 1.65. The molecule has 1 aromatic rings. The number of carbonyl (C=O) groups excluding carboxylic acids is 1. The van der Waals surface area contributed by atoms with Crippen LogP contribution in [0.1, 0.15) is 24.6 Å². The van der Waals surface area contributed by atoms with Crippen molar-refractivity contribution >= 4 is 23.3 Å². The Kier molecular flexibility index (Phi) is 3.78. The topological polar surface area (TPSA) is 20.3 Å². The summed E-state index contributed by atoms with van der Waals surface area (Å²) < 4.78 is 0. The zero-order valence-electron chi connectivity index (χ0n) is 9.56. The van der Waals surface area contributed by atoms with Crippen LogP contribution in [-0.4, -0.2) is 23.9 Å². The number of nitrogens with zero attached hydrogens (tertiary/aromatic N) is 1. The molecule has 0 N–H and O–H groups in total. The Morgan fingerprint density at radius 3 is 2.88 bits per heavy atom. The van der Waals surface area contributed by atoms with Gasteiger partial charge in [0, 0.05) is 24.0 Å². The zero-order valence-corrected chi connectivity index (χ0v) is 10.4. The van der Waals surface area contributed by atoms with Crippen molar-refractivity contribution in [1.82, 2.24) is 4.90 Å². The Bertz CT molecular complexity index is 361. The molecule has 0 spiro atoms. The summed E-state index contributed by atoms with van der Waals surface area (Å²) in [5.74, 6) is 0.922. The summed E-state index contributed by atoms with van der Waals surface area (Å²) in [5, 5.41) is 2.02. The van der Waals surface area contributed by atoms with Crippen LogP contribution in [0.15, 0.2) is 23.6 Å². The molecular weight excluding hydrogens is 218 g/mol. The molecule has 1 aromatic heterocycles. The van der Waals surface area contributed by atoms with E-state index in [-0.39, 0.29) is 5.91 Å². The van der Waals surface area contributed by atoms with Crippen molar-refractivity contribution < 1.29 is 4.79 Å². The average molecular weight is 235 g/mol. The lowest BCUT2D eigenvalue weighted by atomic mass is 9.99. The molecule has 0 radical (unpaired) electrons. The van der Waals surface area contributed by atoms with Crippen LogP contribution in [0.3, 0.4) is 0 Å². The van der Waals surface area contributed by atoms with Crippen LogP contribution in [0.2, 0.25) is 0 Å². The van der Waals surface area contributed by atoms with Gasteiger partial charge in [-0.1, -0.05) is 13.0 Å². The monoisotopic (exact) mass is 235 g/mol. The third-order valence-corrected chi connectivity index (χ3v) is 3.87. The fourth-order valence-electron chi connectivity index (χ4n) is 1.87. The van der Waals surface area contributed by atoms with Crippen LogP contribution in [0.4, 0.5) is 0 Å². The van der Waals surface area contributed by atoms with Crippen molar-refractivity contribution in [3.8, 4) is 0 Å². The maximum absolute atomic E-state index is 11.8. The molecule has 2 nitrogen and oxygen atoms in total. The maximum Gasteiger partial charge on any atom is 0.246 e. The molecule has 3 heteroatoms. The predicted octanol–water partition coefficient (Wildman–Crippen LogP) is 3.02. The maximum atomic E-state index is 11.8. The Balaban J connectivity index is 1.88. The van der Waals surface area contributed by atoms with E-state index in [1.54, 1.807) is 17.4 Å². The van der Waals surface area contributed by atoms with E-state index in [4.69, 9.17) is 0 Å². The summed E-state index contributed by atoms with van der Waals surface area (Å²) in [6.45, 7) is 4.08. The van der Waals surface area contributed by atoms with E-state index in [0.29, 0.717) is 0 Å². The third-order valence-electron chi connectivity index (χ3n) is 3.03. The van der Waals surface area contributed by atoms with Crippen LogP contribution in [0.5, 0.6) is 0 Å². The van der Waals surface area contributed by atoms with Crippen molar-refractivity contribution in [3.63, 3.8) is 0 Å². The van der Waals surface area contributed by atoms with Gasteiger partial charge in [-0.2, -0.15) is 0 Å². The first-order chi connectivity index (χ1) is 7.75. The van der Waals surface area contributed by atoms with E-state index in [9.17, 15) is 4.79 Å². The quantitative estimate of drug-likeness (QED) is 0.722. The highest BCUT2D eigenvalue weighted by atomic mass is 32.1. The van der Waals surface area contributed by atoms with Gasteiger partial charge in [-0.05, 0) is 36.3 Å². The van der Waals surface area contributed by atoms with Crippen molar-refractivity contribution in [2.75, 3.05) is 13.1 Å². The van der Waals surface area contributed by atoms with Gasteiger partial charge in [0.2, 0.25) is 5.91 Å². The molecule has 0 saturated carbocycles. The lowest BCUT2D eigenvalue weighted by Crippen LogP contribution is -2.36. The number of carbonyl (C=O) groups is 1. The highest BCUT2D eigenvalue weighted by Crippen LogP contribution is 2.17. The number of amides is 1. The minimum absolute atomic E-state index is 0.153. The largest absolute Gasteiger partial charge is 0.339 e. The summed E-state index contributed by atoms with van der Waals surface area (Å²) in [5.41, 5.74) is 0. The summed E-state index contributed by atoms with van der Waals surface area (Å²) in [4.78, 5) is 14.9. The van der Waals surface area contributed by atoms with E-state index in [1.165, 1.54) is 0 Å².